The zero-order valence-electron chi connectivity index (χ0n) is 13.0. The molecule has 122 valence electrons. The van der Waals surface area contributed by atoms with E-state index in [9.17, 15) is 9.18 Å². The molecule has 2 rings (SSSR count). The Bertz CT molecular complexity index is 545. The molecule has 0 aromatic heterocycles. The van der Waals surface area contributed by atoms with Crippen LogP contribution in [0.3, 0.4) is 0 Å². The van der Waals surface area contributed by atoms with Crippen molar-refractivity contribution in [3.8, 4) is 5.75 Å². The van der Waals surface area contributed by atoms with Gasteiger partial charge in [0.15, 0.2) is 0 Å². The fourth-order valence-corrected chi connectivity index (χ4v) is 2.79. The van der Waals surface area contributed by atoms with Gasteiger partial charge in [-0.1, -0.05) is 6.07 Å². The average Bonchev–Trinajstić information content (AvgIpc) is 2.80. The number of hydrogen-bond acceptors (Lipinski definition) is 3. The summed E-state index contributed by atoms with van der Waals surface area (Å²) in [6.45, 7) is 5.46. The van der Waals surface area contributed by atoms with E-state index in [1.807, 2.05) is 20.8 Å². The minimum Gasteiger partial charge on any atom is -0.487 e. The van der Waals surface area contributed by atoms with Crippen LogP contribution in [0.5, 0.6) is 5.75 Å². The first kappa shape index (κ1) is 17.1. The Hall–Kier alpha value is -1.30. The topological polar surface area (TPSA) is 47.6 Å². The largest absolute Gasteiger partial charge is 0.487 e. The third kappa shape index (κ3) is 4.60. The monoisotopic (exact) mass is 373 g/mol. The number of ether oxygens (including phenoxy) is 2. The molecule has 1 N–H and O–H groups in total. The second-order valence-corrected chi connectivity index (χ2v) is 7.18. The SMILES string of the molecule is CC(C)(C)OC(=O)N[C@@H]1CCC[C@H]1Oc1cccc(F)c1Br. The lowest BCUT2D eigenvalue weighted by Gasteiger charge is -2.25. The molecule has 0 bridgehead atoms. The van der Waals surface area contributed by atoms with E-state index in [4.69, 9.17) is 9.47 Å². The smallest absolute Gasteiger partial charge is 0.408 e. The highest BCUT2D eigenvalue weighted by Crippen LogP contribution is 2.31. The zero-order valence-corrected chi connectivity index (χ0v) is 14.6. The van der Waals surface area contributed by atoms with Crippen LogP contribution in [0.25, 0.3) is 0 Å². The van der Waals surface area contributed by atoms with Crippen LogP contribution in [0.1, 0.15) is 40.0 Å². The Morgan fingerprint density at radius 1 is 1.36 bits per heavy atom. The number of benzene rings is 1. The molecule has 1 aliphatic rings. The molecule has 2 atom stereocenters. The normalized spacial score (nSPS) is 21.5. The molecule has 1 aromatic carbocycles. The van der Waals surface area contributed by atoms with E-state index in [0.29, 0.717) is 10.2 Å². The van der Waals surface area contributed by atoms with Gasteiger partial charge < -0.3 is 14.8 Å². The van der Waals surface area contributed by atoms with Gasteiger partial charge in [-0.3, -0.25) is 0 Å². The number of carbonyl (C=O) groups excluding carboxylic acids is 1. The predicted molar refractivity (Wildman–Crippen MR) is 85.5 cm³/mol. The van der Waals surface area contributed by atoms with E-state index >= 15 is 0 Å². The third-order valence-corrected chi connectivity index (χ3v) is 4.12. The zero-order chi connectivity index (χ0) is 16.3. The molecule has 0 saturated heterocycles. The number of amides is 1. The minimum absolute atomic E-state index is 0.134. The van der Waals surface area contributed by atoms with Crippen molar-refractivity contribution in [3.63, 3.8) is 0 Å². The lowest BCUT2D eigenvalue weighted by molar-refractivity contribution is 0.0463. The van der Waals surface area contributed by atoms with Gasteiger partial charge in [0.2, 0.25) is 0 Å². The van der Waals surface area contributed by atoms with E-state index in [-0.39, 0.29) is 18.0 Å². The molecular formula is C16H21BrFNO3. The average molecular weight is 374 g/mol. The Labute approximate surface area is 138 Å². The van der Waals surface area contributed by atoms with Crippen molar-refractivity contribution in [2.75, 3.05) is 0 Å². The first-order valence-electron chi connectivity index (χ1n) is 7.36. The van der Waals surface area contributed by atoms with Gasteiger partial charge in [0, 0.05) is 0 Å². The molecule has 0 aliphatic heterocycles. The maximum absolute atomic E-state index is 13.5. The molecule has 0 unspecified atom stereocenters. The summed E-state index contributed by atoms with van der Waals surface area (Å²) in [5, 5.41) is 2.84. The summed E-state index contributed by atoms with van der Waals surface area (Å²) in [6, 6.07) is 4.53. The molecule has 0 heterocycles. The highest BCUT2D eigenvalue weighted by molar-refractivity contribution is 9.10. The summed E-state index contributed by atoms with van der Waals surface area (Å²) in [4.78, 5) is 11.9. The summed E-state index contributed by atoms with van der Waals surface area (Å²) < 4.78 is 25.0. The van der Waals surface area contributed by atoms with E-state index in [2.05, 4.69) is 21.2 Å². The van der Waals surface area contributed by atoms with Crippen LogP contribution in [0.4, 0.5) is 9.18 Å². The summed E-state index contributed by atoms with van der Waals surface area (Å²) in [7, 11) is 0. The van der Waals surface area contributed by atoms with Crippen molar-refractivity contribution in [1.29, 1.82) is 0 Å². The van der Waals surface area contributed by atoms with Crippen LogP contribution in [0.2, 0.25) is 0 Å². The number of nitrogens with one attached hydrogen (secondary N) is 1. The summed E-state index contributed by atoms with van der Waals surface area (Å²) in [6.07, 6.45) is 1.93. The van der Waals surface area contributed by atoms with Crippen molar-refractivity contribution in [2.24, 2.45) is 0 Å². The van der Waals surface area contributed by atoms with E-state index in [1.54, 1.807) is 12.1 Å². The Morgan fingerprint density at radius 3 is 2.77 bits per heavy atom. The molecule has 4 nitrogen and oxygen atoms in total. The summed E-state index contributed by atoms with van der Waals surface area (Å²) in [5.41, 5.74) is -0.537. The molecular weight excluding hydrogens is 353 g/mol. The van der Waals surface area contributed by atoms with E-state index in [1.165, 1.54) is 6.07 Å². The van der Waals surface area contributed by atoms with Crippen LogP contribution >= 0.6 is 15.9 Å². The first-order chi connectivity index (χ1) is 10.3. The summed E-state index contributed by atoms with van der Waals surface area (Å²) >= 11 is 3.19. The molecule has 1 saturated carbocycles. The van der Waals surface area contributed by atoms with Gasteiger partial charge in [-0.05, 0) is 68.1 Å². The van der Waals surface area contributed by atoms with Crippen LogP contribution in [0, 0.1) is 5.82 Å². The molecule has 1 aliphatic carbocycles. The molecule has 0 spiro atoms. The molecule has 6 heteroatoms. The van der Waals surface area contributed by atoms with Gasteiger partial charge in [0.1, 0.15) is 23.3 Å². The predicted octanol–water partition coefficient (Wildman–Crippen LogP) is 4.41. The Morgan fingerprint density at radius 2 is 2.09 bits per heavy atom. The minimum atomic E-state index is -0.537. The van der Waals surface area contributed by atoms with Gasteiger partial charge >= 0.3 is 6.09 Å². The van der Waals surface area contributed by atoms with Crippen LogP contribution < -0.4 is 10.1 Å². The standard InChI is InChI=1S/C16H21BrFNO3/c1-16(2,3)22-15(20)19-11-7-5-8-12(11)21-13-9-4-6-10(18)14(13)17/h4,6,9,11-12H,5,7-8H2,1-3H3,(H,19,20)/t11-,12-/m1/s1. The quantitative estimate of drug-likeness (QED) is 0.853. The van der Waals surface area contributed by atoms with Gasteiger partial charge in [-0.2, -0.15) is 0 Å². The Kier molecular flexibility index (Phi) is 5.32. The van der Waals surface area contributed by atoms with E-state index in [0.717, 1.165) is 19.3 Å². The maximum Gasteiger partial charge on any atom is 0.408 e. The van der Waals surface area contributed by atoms with Crippen LogP contribution in [0.15, 0.2) is 22.7 Å². The summed E-state index contributed by atoms with van der Waals surface area (Å²) in [5.74, 6) is 0.0787. The number of hydrogen-bond donors (Lipinski definition) is 1. The first-order valence-corrected chi connectivity index (χ1v) is 8.16. The van der Waals surface area contributed by atoms with Gasteiger partial charge in [-0.15, -0.1) is 0 Å². The molecule has 0 radical (unpaired) electrons. The fraction of sp³-hybridized carbons (Fsp3) is 0.562. The maximum atomic E-state index is 13.5. The molecule has 22 heavy (non-hydrogen) atoms. The van der Waals surface area contributed by atoms with Gasteiger partial charge in [-0.25, -0.2) is 9.18 Å². The van der Waals surface area contributed by atoms with E-state index < -0.39 is 11.7 Å². The van der Waals surface area contributed by atoms with Crippen molar-refractivity contribution in [3.05, 3.63) is 28.5 Å². The lowest BCUT2D eigenvalue weighted by atomic mass is 10.2. The molecule has 1 aromatic rings. The number of rotatable bonds is 3. The van der Waals surface area contributed by atoms with Crippen molar-refractivity contribution in [2.45, 2.75) is 57.8 Å². The van der Waals surface area contributed by atoms with Crippen molar-refractivity contribution >= 4 is 22.0 Å². The lowest BCUT2D eigenvalue weighted by Crippen LogP contribution is -2.44. The third-order valence-electron chi connectivity index (χ3n) is 3.35. The number of alkyl carbamates (subject to hydrolysis) is 1. The van der Waals surface area contributed by atoms with Crippen LogP contribution in [-0.4, -0.2) is 23.8 Å². The van der Waals surface area contributed by atoms with Crippen LogP contribution in [-0.2, 0) is 4.74 Å². The highest BCUT2D eigenvalue weighted by Gasteiger charge is 2.32. The van der Waals surface area contributed by atoms with Gasteiger partial charge in [0.25, 0.3) is 0 Å². The number of carbonyl (C=O) groups is 1. The highest BCUT2D eigenvalue weighted by atomic mass is 79.9. The van der Waals surface area contributed by atoms with Crippen molar-refractivity contribution in [1.82, 2.24) is 5.32 Å². The molecule has 1 amide bonds. The number of halogens is 2. The Balaban J connectivity index is 1.99. The van der Waals surface area contributed by atoms with Crippen molar-refractivity contribution < 1.29 is 18.7 Å². The fourth-order valence-electron chi connectivity index (χ4n) is 2.43. The second kappa shape index (κ2) is 6.86. The molecule has 1 fully saturated rings. The van der Waals surface area contributed by atoms with Gasteiger partial charge in [0.05, 0.1) is 10.5 Å². The second-order valence-electron chi connectivity index (χ2n) is 6.39.